The van der Waals surface area contributed by atoms with Crippen molar-refractivity contribution in [1.29, 1.82) is 0 Å². The number of rotatable bonds is 4. The Labute approximate surface area is 189 Å². The second-order valence-corrected chi connectivity index (χ2v) is 8.72. The van der Waals surface area contributed by atoms with Crippen LogP contribution in [0.15, 0.2) is 24.5 Å². The summed E-state index contributed by atoms with van der Waals surface area (Å²) >= 11 is 0. The molecule has 0 aromatic carbocycles. The van der Waals surface area contributed by atoms with E-state index in [4.69, 9.17) is 0 Å². The number of halogens is 2. The molecule has 0 radical (unpaired) electrons. The predicted molar refractivity (Wildman–Crippen MR) is 119 cm³/mol. The number of alkyl halides is 1. The molecule has 9 nitrogen and oxygen atoms in total. The Kier molecular flexibility index (Phi) is 5.77. The predicted octanol–water partition coefficient (Wildman–Crippen LogP) is 3.04. The van der Waals surface area contributed by atoms with Gasteiger partial charge in [0.15, 0.2) is 23.1 Å². The van der Waals surface area contributed by atoms with Gasteiger partial charge in [-0.25, -0.2) is 33.2 Å². The van der Waals surface area contributed by atoms with Crippen molar-refractivity contribution in [3.05, 3.63) is 30.3 Å². The second kappa shape index (κ2) is 8.87. The number of aromatic nitrogens is 5. The third-order valence-corrected chi connectivity index (χ3v) is 6.31. The lowest BCUT2D eigenvalue weighted by Gasteiger charge is -2.31. The zero-order chi connectivity index (χ0) is 22.9. The van der Waals surface area contributed by atoms with Crippen molar-refractivity contribution in [2.75, 3.05) is 18.4 Å². The van der Waals surface area contributed by atoms with Gasteiger partial charge < -0.3 is 15.5 Å². The third kappa shape index (κ3) is 4.44. The Morgan fingerprint density at radius 1 is 1.21 bits per heavy atom. The van der Waals surface area contributed by atoms with Crippen molar-refractivity contribution in [3.63, 3.8) is 0 Å². The van der Waals surface area contributed by atoms with E-state index in [1.807, 2.05) is 12.1 Å². The quantitative estimate of drug-likeness (QED) is 0.626. The average molecular weight is 457 g/mol. The first-order chi connectivity index (χ1) is 16.0. The molecule has 0 unspecified atom stereocenters. The number of nitrogens with zero attached hydrogens (tertiary/aromatic N) is 6. The van der Waals surface area contributed by atoms with Gasteiger partial charge >= 0.3 is 6.03 Å². The van der Waals surface area contributed by atoms with E-state index in [0.717, 1.165) is 30.8 Å². The van der Waals surface area contributed by atoms with Crippen molar-refractivity contribution in [2.45, 2.75) is 50.4 Å². The average Bonchev–Trinajstić information content (AvgIpc) is 3.39. The largest absolute Gasteiger partial charge is 0.365 e. The molecule has 2 N–H and O–H groups in total. The number of urea groups is 1. The molecule has 174 valence electrons. The molecule has 5 rings (SSSR count). The number of hydrogen-bond donors (Lipinski definition) is 2. The van der Waals surface area contributed by atoms with E-state index in [9.17, 15) is 13.6 Å². The number of aryl methyl sites for hydroxylation is 1. The van der Waals surface area contributed by atoms with E-state index >= 15 is 0 Å². The zero-order valence-electron chi connectivity index (χ0n) is 18.3. The van der Waals surface area contributed by atoms with Crippen molar-refractivity contribution in [3.8, 4) is 11.5 Å². The van der Waals surface area contributed by atoms with Gasteiger partial charge in [0.05, 0.1) is 18.1 Å². The van der Waals surface area contributed by atoms with Crippen molar-refractivity contribution in [2.24, 2.45) is 7.05 Å². The van der Waals surface area contributed by atoms with Gasteiger partial charge in [0, 0.05) is 31.9 Å². The number of anilines is 1. The maximum atomic E-state index is 14.6. The van der Waals surface area contributed by atoms with Crippen LogP contribution in [0, 0.1) is 5.82 Å². The zero-order valence-corrected chi connectivity index (χ0v) is 18.3. The highest BCUT2D eigenvalue weighted by Crippen LogP contribution is 2.27. The molecule has 3 aromatic heterocycles. The lowest BCUT2D eigenvalue weighted by atomic mass is 9.91. The Morgan fingerprint density at radius 2 is 2.06 bits per heavy atom. The number of nitrogens with one attached hydrogen (secondary N) is 2. The Balaban J connectivity index is 1.29. The third-order valence-electron chi connectivity index (χ3n) is 6.31. The van der Waals surface area contributed by atoms with Crippen molar-refractivity contribution >= 4 is 22.9 Å². The second-order valence-electron chi connectivity index (χ2n) is 8.72. The maximum absolute atomic E-state index is 14.6. The molecule has 1 aliphatic heterocycles. The number of amides is 2. The molecule has 4 heterocycles. The van der Waals surface area contributed by atoms with Gasteiger partial charge in [0.2, 0.25) is 0 Å². The highest BCUT2D eigenvalue weighted by molar-refractivity contribution is 5.89. The molecule has 2 aliphatic rings. The first-order valence-corrected chi connectivity index (χ1v) is 11.2. The Bertz CT molecular complexity index is 1170. The summed E-state index contributed by atoms with van der Waals surface area (Å²) in [6.07, 6.45) is 5.45. The molecule has 0 bridgehead atoms. The van der Waals surface area contributed by atoms with E-state index in [0.29, 0.717) is 36.6 Å². The van der Waals surface area contributed by atoms with E-state index in [1.54, 1.807) is 17.9 Å². The van der Waals surface area contributed by atoms with Crippen LogP contribution in [-0.4, -0.2) is 67.0 Å². The maximum Gasteiger partial charge on any atom is 0.317 e. The fourth-order valence-corrected chi connectivity index (χ4v) is 4.65. The van der Waals surface area contributed by atoms with Crippen LogP contribution in [0.4, 0.5) is 19.4 Å². The molecule has 1 saturated heterocycles. The highest BCUT2D eigenvalue weighted by atomic mass is 19.1. The molecular formula is C22H26F2N8O. The lowest BCUT2D eigenvalue weighted by molar-refractivity contribution is 0.195. The van der Waals surface area contributed by atoms with E-state index in [-0.39, 0.29) is 30.5 Å². The fourth-order valence-electron chi connectivity index (χ4n) is 4.65. The van der Waals surface area contributed by atoms with Gasteiger partial charge in [0.25, 0.3) is 0 Å². The lowest BCUT2D eigenvalue weighted by Crippen LogP contribution is -2.47. The summed E-state index contributed by atoms with van der Waals surface area (Å²) in [6.45, 7) is 0.584. The van der Waals surface area contributed by atoms with Crippen LogP contribution in [-0.2, 0) is 7.05 Å². The number of likely N-dealkylation sites (tertiary alicyclic amines) is 1. The topological polar surface area (TPSA) is 101 Å². The summed E-state index contributed by atoms with van der Waals surface area (Å²) in [4.78, 5) is 26.8. The summed E-state index contributed by atoms with van der Waals surface area (Å²) in [5, 5.41) is 11.5. The molecule has 3 aromatic rings. The number of carbonyl (C=O) groups is 1. The van der Waals surface area contributed by atoms with Crippen LogP contribution in [0.2, 0.25) is 0 Å². The number of pyridine rings is 1. The van der Waals surface area contributed by atoms with Crippen LogP contribution >= 0.6 is 0 Å². The first-order valence-electron chi connectivity index (χ1n) is 11.2. The summed E-state index contributed by atoms with van der Waals surface area (Å²) in [6, 6.07) is 3.34. The number of carbonyl (C=O) groups excluding carboxylic acids is 1. The van der Waals surface area contributed by atoms with Gasteiger partial charge in [-0.1, -0.05) is 0 Å². The normalized spacial score (nSPS) is 23.1. The molecule has 3 atom stereocenters. The molecule has 11 heteroatoms. The summed E-state index contributed by atoms with van der Waals surface area (Å²) in [7, 11) is 1.79. The minimum atomic E-state index is -0.946. The molecule has 1 saturated carbocycles. The number of fused-ring (bicyclic) bond motifs is 1. The number of hydrogen-bond acceptors (Lipinski definition) is 6. The van der Waals surface area contributed by atoms with E-state index in [2.05, 4.69) is 30.7 Å². The van der Waals surface area contributed by atoms with Crippen LogP contribution in [0.5, 0.6) is 0 Å². The Hall–Kier alpha value is -3.37. The van der Waals surface area contributed by atoms with Crippen molar-refractivity contribution < 1.29 is 13.6 Å². The summed E-state index contributed by atoms with van der Waals surface area (Å²) in [5.41, 5.74) is 1.23. The van der Waals surface area contributed by atoms with Crippen LogP contribution in [0.1, 0.15) is 32.1 Å². The highest BCUT2D eigenvalue weighted by Gasteiger charge is 2.30. The minimum absolute atomic E-state index is 0.0578. The molecular weight excluding hydrogens is 430 g/mol. The van der Waals surface area contributed by atoms with E-state index < -0.39 is 12.0 Å². The smallest absolute Gasteiger partial charge is 0.317 e. The molecule has 2 fully saturated rings. The van der Waals surface area contributed by atoms with Gasteiger partial charge in [-0.3, -0.25) is 0 Å². The SMILES string of the molecule is Cn1nc(-c2ncc(F)c(N[C@H]3CCC[C@@H](NC(=O)N4CC[C@@H](F)C4)C3)n2)c2cccnc21. The van der Waals surface area contributed by atoms with Crippen LogP contribution in [0.25, 0.3) is 22.6 Å². The van der Waals surface area contributed by atoms with Gasteiger partial charge in [-0.2, -0.15) is 5.10 Å². The van der Waals surface area contributed by atoms with Gasteiger partial charge in [0.1, 0.15) is 11.9 Å². The fraction of sp³-hybridized carbons (Fsp3) is 0.500. The first kappa shape index (κ1) is 21.5. The van der Waals surface area contributed by atoms with E-state index in [1.165, 1.54) is 4.90 Å². The van der Waals surface area contributed by atoms with Crippen LogP contribution in [0.3, 0.4) is 0 Å². The molecule has 33 heavy (non-hydrogen) atoms. The summed E-state index contributed by atoms with van der Waals surface area (Å²) < 4.78 is 29.6. The van der Waals surface area contributed by atoms with Gasteiger partial charge in [-0.05, 0) is 44.2 Å². The van der Waals surface area contributed by atoms with Crippen LogP contribution < -0.4 is 10.6 Å². The van der Waals surface area contributed by atoms with Gasteiger partial charge in [-0.15, -0.1) is 0 Å². The molecule has 2 amide bonds. The monoisotopic (exact) mass is 456 g/mol. The molecule has 0 spiro atoms. The molecule has 1 aliphatic carbocycles. The Morgan fingerprint density at radius 3 is 2.88 bits per heavy atom. The van der Waals surface area contributed by atoms with Crippen molar-refractivity contribution in [1.82, 2.24) is 34.9 Å². The summed E-state index contributed by atoms with van der Waals surface area (Å²) in [5.74, 6) is -0.123. The standard InChI is InChI=1S/C22H26F2N8O/c1-31-21-16(6-3-8-25-21)18(30-31)20-26-11-17(24)19(29-20)27-14-4-2-5-15(10-14)28-22(33)32-9-7-13(23)12-32/h3,6,8,11,13-15H,2,4-5,7,9-10,12H2,1H3,(H,28,33)(H,26,27,29)/t13-,14+,15-/m1/s1. The minimum Gasteiger partial charge on any atom is -0.365 e.